The van der Waals surface area contributed by atoms with Gasteiger partial charge in [-0.2, -0.15) is 0 Å². The Bertz CT molecular complexity index is 958. The van der Waals surface area contributed by atoms with Crippen LogP contribution in [0.5, 0.6) is 0 Å². The zero-order valence-electron chi connectivity index (χ0n) is 13.5. The number of aryl methyl sites for hydroxylation is 2. The molecule has 0 saturated carbocycles. The number of ether oxygens (including phenoxy) is 1. The van der Waals surface area contributed by atoms with E-state index < -0.39 is 5.97 Å². The summed E-state index contributed by atoms with van der Waals surface area (Å²) in [7, 11) is 0. The first-order valence-electron chi connectivity index (χ1n) is 7.29. The third kappa shape index (κ3) is 3.22. The van der Waals surface area contributed by atoms with Crippen LogP contribution in [0.25, 0.3) is 10.2 Å². The summed E-state index contributed by atoms with van der Waals surface area (Å²) >= 11 is 3.07. The van der Waals surface area contributed by atoms with Crippen LogP contribution >= 0.6 is 23.1 Å². The van der Waals surface area contributed by atoms with Crippen molar-refractivity contribution in [2.75, 3.05) is 6.26 Å². The van der Waals surface area contributed by atoms with Crippen LogP contribution in [0.3, 0.4) is 0 Å². The molecule has 0 saturated heterocycles. The van der Waals surface area contributed by atoms with E-state index in [-0.39, 0.29) is 12.2 Å². The molecule has 2 aromatic heterocycles. The molecule has 0 fully saturated rings. The lowest BCUT2D eigenvalue weighted by atomic mass is 10.2. The number of thioether (sulfide) groups is 1. The highest BCUT2D eigenvalue weighted by Gasteiger charge is 2.13. The molecular weight excluding hydrogens is 344 g/mol. The monoisotopic (exact) mass is 360 g/mol. The number of hydrogen-bond acceptors (Lipinski definition) is 6. The van der Waals surface area contributed by atoms with Crippen LogP contribution < -0.4 is 5.56 Å². The van der Waals surface area contributed by atoms with E-state index in [4.69, 9.17) is 4.74 Å². The zero-order chi connectivity index (χ0) is 17.3. The van der Waals surface area contributed by atoms with Gasteiger partial charge in [-0.15, -0.1) is 23.1 Å². The topological polar surface area (TPSA) is 72.0 Å². The molecule has 1 N–H and O–H groups in total. The first kappa shape index (κ1) is 16.7. The van der Waals surface area contributed by atoms with E-state index in [2.05, 4.69) is 9.97 Å². The largest absolute Gasteiger partial charge is 0.454 e. The smallest absolute Gasteiger partial charge is 0.338 e. The number of hydrogen-bond donors (Lipinski definition) is 1. The summed E-state index contributed by atoms with van der Waals surface area (Å²) in [6.45, 7) is 3.80. The number of benzene rings is 1. The Morgan fingerprint density at radius 2 is 2.00 bits per heavy atom. The molecule has 3 aromatic rings. The predicted octanol–water partition coefficient (Wildman–Crippen LogP) is 3.68. The minimum atomic E-state index is -0.441. The zero-order valence-corrected chi connectivity index (χ0v) is 15.1. The maximum atomic E-state index is 12.2. The van der Waals surface area contributed by atoms with Crippen LogP contribution in [0.1, 0.15) is 26.6 Å². The van der Waals surface area contributed by atoms with E-state index >= 15 is 0 Å². The van der Waals surface area contributed by atoms with Crippen molar-refractivity contribution in [1.29, 1.82) is 0 Å². The number of nitrogens with zero attached hydrogens (tertiary/aromatic N) is 1. The lowest BCUT2D eigenvalue weighted by Gasteiger charge is -2.05. The fourth-order valence-electron chi connectivity index (χ4n) is 2.31. The summed E-state index contributed by atoms with van der Waals surface area (Å²) in [5.74, 6) is -0.0910. The number of nitrogens with one attached hydrogen (secondary N) is 1. The molecule has 5 nitrogen and oxygen atoms in total. The molecule has 0 bridgehead atoms. The van der Waals surface area contributed by atoms with Crippen molar-refractivity contribution < 1.29 is 9.53 Å². The van der Waals surface area contributed by atoms with E-state index in [1.807, 2.05) is 32.2 Å². The molecule has 3 rings (SSSR count). The number of H-pyrrole nitrogens is 1. The maximum absolute atomic E-state index is 12.2. The molecule has 0 aliphatic carbocycles. The molecule has 0 spiro atoms. The summed E-state index contributed by atoms with van der Waals surface area (Å²) in [5, 5.41) is 0.611. The van der Waals surface area contributed by atoms with E-state index in [0.717, 1.165) is 15.3 Å². The summed E-state index contributed by atoms with van der Waals surface area (Å²) < 4.78 is 5.25. The van der Waals surface area contributed by atoms with Crippen LogP contribution in [0, 0.1) is 13.8 Å². The molecule has 2 heterocycles. The van der Waals surface area contributed by atoms with E-state index in [9.17, 15) is 9.59 Å². The van der Waals surface area contributed by atoms with Crippen molar-refractivity contribution in [3.63, 3.8) is 0 Å². The summed E-state index contributed by atoms with van der Waals surface area (Å²) in [4.78, 5) is 34.2. The minimum Gasteiger partial charge on any atom is -0.454 e. The van der Waals surface area contributed by atoms with Gasteiger partial charge >= 0.3 is 5.97 Å². The lowest BCUT2D eigenvalue weighted by Crippen LogP contribution is -2.14. The molecule has 0 radical (unpaired) electrons. The Morgan fingerprint density at radius 3 is 2.67 bits per heavy atom. The molecule has 124 valence electrons. The van der Waals surface area contributed by atoms with E-state index in [0.29, 0.717) is 21.6 Å². The van der Waals surface area contributed by atoms with Crippen molar-refractivity contribution in [1.82, 2.24) is 9.97 Å². The van der Waals surface area contributed by atoms with Gasteiger partial charge in [-0.1, -0.05) is 0 Å². The van der Waals surface area contributed by atoms with Crippen molar-refractivity contribution in [2.45, 2.75) is 25.3 Å². The average Bonchev–Trinajstić information content (AvgIpc) is 2.87. The highest BCUT2D eigenvalue weighted by Crippen LogP contribution is 2.25. The number of aromatic nitrogens is 2. The van der Waals surface area contributed by atoms with Gasteiger partial charge < -0.3 is 9.72 Å². The SMILES string of the molecule is CSc1ccc(C(=O)OCc2nc3sc(C)c(C)c3c(=O)[nH]2)cc1. The Labute approximate surface area is 147 Å². The van der Waals surface area contributed by atoms with Crippen LogP contribution in [0.15, 0.2) is 34.0 Å². The molecule has 0 aliphatic rings. The van der Waals surface area contributed by atoms with Gasteiger partial charge in [-0.05, 0) is 49.9 Å². The van der Waals surface area contributed by atoms with Gasteiger partial charge in [0.15, 0.2) is 0 Å². The van der Waals surface area contributed by atoms with Gasteiger partial charge in [0, 0.05) is 9.77 Å². The van der Waals surface area contributed by atoms with Gasteiger partial charge in [-0.25, -0.2) is 9.78 Å². The maximum Gasteiger partial charge on any atom is 0.338 e. The van der Waals surface area contributed by atoms with E-state index in [1.165, 1.54) is 11.3 Å². The Hall–Kier alpha value is -2.12. The fourth-order valence-corrected chi connectivity index (χ4v) is 3.77. The van der Waals surface area contributed by atoms with Crippen LogP contribution in [0.4, 0.5) is 0 Å². The minimum absolute atomic E-state index is 0.0652. The summed E-state index contributed by atoms with van der Waals surface area (Å²) in [6, 6.07) is 7.17. The van der Waals surface area contributed by atoms with Gasteiger partial charge in [0.25, 0.3) is 5.56 Å². The number of fused-ring (bicyclic) bond motifs is 1. The third-order valence-electron chi connectivity index (χ3n) is 3.75. The highest BCUT2D eigenvalue weighted by atomic mass is 32.2. The fraction of sp³-hybridized carbons (Fsp3) is 0.235. The van der Waals surface area contributed by atoms with Crippen LogP contribution in [-0.4, -0.2) is 22.2 Å². The van der Waals surface area contributed by atoms with E-state index in [1.54, 1.807) is 23.9 Å². The quantitative estimate of drug-likeness (QED) is 0.568. The molecule has 0 aliphatic heterocycles. The summed E-state index contributed by atoms with van der Waals surface area (Å²) in [5.41, 5.74) is 1.22. The van der Waals surface area contributed by atoms with Crippen LogP contribution in [0.2, 0.25) is 0 Å². The summed E-state index contributed by atoms with van der Waals surface area (Å²) in [6.07, 6.45) is 1.97. The second-order valence-corrected chi connectivity index (χ2v) is 7.36. The highest BCUT2D eigenvalue weighted by molar-refractivity contribution is 7.98. The molecule has 7 heteroatoms. The second-order valence-electron chi connectivity index (χ2n) is 5.28. The van der Waals surface area contributed by atoms with Crippen molar-refractivity contribution in [3.8, 4) is 0 Å². The lowest BCUT2D eigenvalue weighted by molar-refractivity contribution is 0.0462. The van der Waals surface area contributed by atoms with Gasteiger partial charge in [0.1, 0.15) is 17.3 Å². The first-order valence-corrected chi connectivity index (χ1v) is 9.34. The van der Waals surface area contributed by atoms with Gasteiger partial charge in [-0.3, -0.25) is 4.79 Å². The standard InChI is InChI=1S/C17H16N2O3S2/c1-9-10(2)24-16-14(9)15(20)18-13(19-16)8-22-17(21)11-4-6-12(23-3)7-5-11/h4-7H,8H2,1-3H3,(H,18,19,20). The average molecular weight is 360 g/mol. The number of thiophene rings is 1. The predicted molar refractivity (Wildman–Crippen MR) is 97.1 cm³/mol. The Kier molecular flexibility index (Phi) is 4.73. The van der Waals surface area contributed by atoms with Gasteiger partial charge in [0.05, 0.1) is 10.9 Å². The molecule has 24 heavy (non-hydrogen) atoms. The Balaban J connectivity index is 1.77. The number of carbonyl (C=O) groups is 1. The molecular formula is C17H16N2O3S2. The Morgan fingerprint density at radius 1 is 1.29 bits per heavy atom. The molecule has 1 aromatic carbocycles. The third-order valence-corrected chi connectivity index (χ3v) is 5.60. The van der Waals surface area contributed by atoms with Crippen LogP contribution in [-0.2, 0) is 11.3 Å². The molecule has 0 atom stereocenters. The number of esters is 1. The molecule has 0 amide bonds. The number of carbonyl (C=O) groups excluding carboxylic acids is 1. The van der Waals surface area contributed by atoms with Gasteiger partial charge in [0.2, 0.25) is 0 Å². The van der Waals surface area contributed by atoms with Crippen molar-refractivity contribution in [2.24, 2.45) is 0 Å². The molecule has 0 unspecified atom stereocenters. The van der Waals surface area contributed by atoms with Crippen molar-refractivity contribution in [3.05, 3.63) is 56.4 Å². The second kappa shape index (κ2) is 6.78. The first-order chi connectivity index (χ1) is 11.5. The normalized spacial score (nSPS) is 11.0. The number of aromatic amines is 1. The number of rotatable bonds is 4. The van der Waals surface area contributed by atoms with Crippen molar-refractivity contribution >= 4 is 39.3 Å².